The number of hydrogen-bond donors (Lipinski definition) is 3. The smallest absolute Gasteiger partial charge is 0.365 e. The van der Waals surface area contributed by atoms with Crippen LogP contribution in [0.25, 0.3) is 0 Å². The summed E-state index contributed by atoms with van der Waals surface area (Å²) in [6.45, 7) is 1.63. The van der Waals surface area contributed by atoms with Gasteiger partial charge in [0.1, 0.15) is 6.10 Å². The number of carboxylic acids is 1. The van der Waals surface area contributed by atoms with E-state index in [2.05, 4.69) is 9.72 Å². The molecule has 0 aliphatic heterocycles. The Kier molecular flexibility index (Phi) is 4.55. The van der Waals surface area contributed by atoms with Crippen LogP contribution < -0.4 is 0 Å². The number of hydrogen-bond acceptors (Lipinski definition) is 7. The molecule has 0 fully saturated rings. The van der Waals surface area contributed by atoms with Gasteiger partial charge in [0.2, 0.25) is 5.01 Å². The van der Waals surface area contributed by atoms with Crippen molar-refractivity contribution < 1.29 is 29.6 Å². The van der Waals surface area contributed by atoms with E-state index in [0.717, 1.165) is 11.3 Å². The number of ether oxygens (including phenoxy) is 1. The highest BCUT2D eigenvalue weighted by Gasteiger charge is 2.29. The lowest BCUT2D eigenvalue weighted by Crippen LogP contribution is -2.30. The molecule has 7 nitrogen and oxygen atoms in total. The minimum Gasteiger partial charge on any atom is -0.476 e. The monoisotopic (exact) mass is 261 g/mol. The molecule has 1 aromatic rings. The Hall–Kier alpha value is -1.51. The molecule has 0 bridgehead atoms. The zero-order chi connectivity index (χ0) is 13.0. The molecule has 0 aliphatic rings. The van der Waals surface area contributed by atoms with Crippen LogP contribution >= 0.6 is 11.3 Å². The number of esters is 1. The number of aromatic nitrogens is 1. The third-order valence-corrected chi connectivity index (χ3v) is 2.68. The molecule has 3 N–H and O–H groups in total. The predicted octanol–water partition coefficient (Wildman–Crippen LogP) is -0.201. The molecule has 17 heavy (non-hydrogen) atoms. The summed E-state index contributed by atoms with van der Waals surface area (Å²) in [5.74, 6) is -2.22. The largest absolute Gasteiger partial charge is 0.476 e. The quantitative estimate of drug-likeness (QED) is 0.628. The zero-order valence-corrected chi connectivity index (χ0v) is 9.68. The van der Waals surface area contributed by atoms with Gasteiger partial charge in [0.15, 0.2) is 6.10 Å². The van der Waals surface area contributed by atoms with E-state index in [0.29, 0.717) is 0 Å². The summed E-state index contributed by atoms with van der Waals surface area (Å²) in [5.41, 5.74) is -0.0760. The minimum atomic E-state index is -1.78. The van der Waals surface area contributed by atoms with Gasteiger partial charge in [-0.2, -0.15) is 0 Å². The Bertz CT molecular complexity index is 417. The highest BCUT2D eigenvalue weighted by molar-refractivity contribution is 7.11. The number of carboxylic acid groups (broad SMARTS) is 1. The van der Waals surface area contributed by atoms with Gasteiger partial charge >= 0.3 is 11.9 Å². The molecule has 0 aliphatic carbocycles. The van der Waals surface area contributed by atoms with Crippen LogP contribution in [0.5, 0.6) is 0 Å². The molecule has 2 atom stereocenters. The maximum absolute atomic E-state index is 11.1. The molecule has 94 valence electrons. The van der Waals surface area contributed by atoms with Crippen LogP contribution in [-0.2, 0) is 9.53 Å². The van der Waals surface area contributed by atoms with E-state index in [1.807, 2.05) is 0 Å². The Morgan fingerprint density at radius 3 is 2.65 bits per heavy atom. The van der Waals surface area contributed by atoms with Gasteiger partial charge in [-0.1, -0.05) is 0 Å². The van der Waals surface area contributed by atoms with Crippen molar-refractivity contribution in [2.75, 3.05) is 6.61 Å². The van der Waals surface area contributed by atoms with E-state index in [4.69, 9.17) is 5.11 Å². The van der Waals surface area contributed by atoms with E-state index < -0.39 is 24.1 Å². The van der Waals surface area contributed by atoms with Crippen LogP contribution in [0.3, 0.4) is 0 Å². The van der Waals surface area contributed by atoms with Crippen LogP contribution in [0, 0.1) is 0 Å². The first-order valence-electron chi connectivity index (χ1n) is 4.68. The number of aliphatic hydroxyl groups excluding tert-OH is 2. The Morgan fingerprint density at radius 2 is 2.18 bits per heavy atom. The molecule has 2 unspecified atom stereocenters. The summed E-state index contributed by atoms with van der Waals surface area (Å²) in [5, 5.41) is 28.7. The molecule has 1 heterocycles. The maximum atomic E-state index is 11.1. The summed E-state index contributed by atoms with van der Waals surface area (Å²) in [6, 6.07) is 0. The van der Waals surface area contributed by atoms with Crippen LogP contribution in [0.1, 0.15) is 28.5 Å². The normalized spacial score (nSPS) is 14.1. The van der Waals surface area contributed by atoms with Crippen molar-refractivity contribution >= 4 is 23.3 Å². The summed E-state index contributed by atoms with van der Waals surface area (Å²) < 4.78 is 4.51. The van der Waals surface area contributed by atoms with Crippen molar-refractivity contribution in [1.82, 2.24) is 4.98 Å². The van der Waals surface area contributed by atoms with E-state index in [-0.39, 0.29) is 17.3 Å². The van der Waals surface area contributed by atoms with Crippen LogP contribution in [0.4, 0.5) is 0 Å². The number of carbonyl (C=O) groups excluding carboxylic acids is 1. The Morgan fingerprint density at radius 1 is 1.53 bits per heavy atom. The van der Waals surface area contributed by atoms with Gasteiger partial charge in [0.25, 0.3) is 0 Å². The molecule has 1 rings (SSSR count). The second kappa shape index (κ2) is 5.71. The molecule has 0 amide bonds. The fraction of sp³-hybridized carbons (Fsp3) is 0.444. The maximum Gasteiger partial charge on any atom is 0.365 e. The van der Waals surface area contributed by atoms with Crippen molar-refractivity contribution in [3.05, 3.63) is 16.1 Å². The van der Waals surface area contributed by atoms with Gasteiger partial charge in [-0.15, -0.1) is 11.3 Å². The number of rotatable bonds is 5. The SMILES string of the molecule is CCOC(=O)C(O)C(O)c1csc(C(=O)O)n1. The van der Waals surface area contributed by atoms with Gasteiger partial charge in [-0.3, -0.25) is 0 Å². The van der Waals surface area contributed by atoms with Crippen molar-refractivity contribution in [2.45, 2.75) is 19.1 Å². The molecule has 0 saturated heterocycles. The lowest BCUT2D eigenvalue weighted by molar-refractivity contribution is -0.159. The average Bonchev–Trinajstić information content (AvgIpc) is 2.76. The fourth-order valence-electron chi connectivity index (χ4n) is 1.04. The van der Waals surface area contributed by atoms with Crippen molar-refractivity contribution in [3.63, 3.8) is 0 Å². The van der Waals surface area contributed by atoms with E-state index in [1.54, 1.807) is 6.92 Å². The number of nitrogens with zero attached hydrogens (tertiary/aromatic N) is 1. The van der Waals surface area contributed by atoms with Crippen molar-refractivity contribution in [2.24, 2.45) is 0 Å². The molecule has 0 aromatic carbocycles. The first-order chi connectivity index (χ1) is 7.97. The zero-order valence-electron chi connectivity index (χ0n) is 8.86. The van der Waals surface area contributed by atoms with E-state index in [9.17, 15) is 19.8 Å². The molecule has 0 saturated carbocycles. The summed E-state index contributed by atoms with van der Waals surface area (Å²) >= 11 is 0.795. The van der Waals surface area contributed by atoms with Crippen molar-refractivity contribution in [3.8, 4) is 0 Å². The Balaban J connectivity index is 2.77. The number of aliphatic hydroxyl groups is 2. The van der Waals surface area contributed by atoms with E-state index >= 15 is 0 Å². The van der Waals surface area contributed by atoms with Gasteiger partial charge in [-0.25, -0.2) is 14.6 Å². The summed E-state index contributed by atoms with van der Waals surface area (Å²) in [6.07, 6.45) is -3.38. The predicted molar refractivity (Wildman–Crippen MR) is 56.7 cm³/mol. The molecule has 8 heteroatoms. The second-order valence-electron chi connectivity index (χ2n) is 3.02. The Labute approximate surface area is 100 Å². The first-order valence-corrected chi connectivity index (χ1v) is 5.56. The average molecular weight is 261 g/mol. The van der Waals surface area contributed by atoms with Crippen LogP contribution in [0.15, 0.2) is 5.38 Å². The lowest BCUT2D eigenvalue weighted by Gasteiger charge is -2.14. The first kappa shape index (κ1) is 13.6. The van der Waals surface area contributed by atoms with Crippen LogP contribution in [0.2, 0.25) is 0 Å². The number of carbonyl (C=O) groups is 2. The van der Waals surface area contributed by atoms with Crippen LogP contribution in [-0.4, -0.2) is 45.0 Å². The summed E-state index contributed by atoms with van der Waals surface area (Å²) in [7, 11) is 0. The van der Waals surface area contributed by atoms with E-state index in [1.165, 1.54) is 5.38 Å². The number of aromatic carboxylic acids is 1. The highest BCUT2D eigenvalue weighted by Crippen LogP contribution is 2.20. The van der Waals surface area contributed by atoms with Gasteiger partial charge in [0, 0.05) is 5.38 Å². The summed E-state index contributed by atoms with van der Waals surface area (Å²) in [4.78, 5) is 25.3. The molecular formula is C9H11NO6S. The van der Waals surface area contributed by atoms with Gasteiger partial charge in [-0.05, 0) is 6.92 Å². The fourth-order valence-corrected chi connectivity index (χ4v) is 1.72. The molecule has 0 radical (unpaired) electrons. The van der Waals surface area contributed by atoms with Gasteiger partial charge < -0.3 is 20.1 Å². The molecular weight excluding hydrogens is 250 g/mol. The molecule has 1 aromatic heterocycles. The third kappa shape index (κ3) is 3.22. The lowest BCUT2D eigenvalue weighted by atomic mass is 10.1. The minimum absolute atomic E-state index is 0.0695. The standard InChI is InChI=1S/C9H11NO6S/c1-2-16-9(15)6(12)5(11)4-3-17-7(10-4)8(13)14/h3,5-6,11-12H,2H2,1H3,(H,13,14). The molecule has 0 spiro atoms. The topological polar surface area (TPSA) is 117 Å². The van der Waals surface area contributed by atoms with Gasteiger partial charge in [0.05, 0.1) is 12.3 Å². The third-order valence-electron chi connectivity index (χ3n) is 1.84. The van der Waals surface area contributed by atoms with Crippen molar-refractivity contribution in [1.29, 1.82) is 0 Å². The highest BCUT2D eigenvalue weighted by atomic mass is 32.1. The second-order valence-corrected chi connectivity index (χ2v) is 3.88. The number of thiazole rings is 1.